The zero-order chi connectivity index (χ0) is 9.84. The largest absolute Gasteiger partial charge is 0.294 e. The van der Waals surface area contributed by atoms with E-state index in [-0.39, 0.29) is 17.8 Å². The number of aromatic nitrogens is 1. The topological polar surface area (TPSA) is 79.8 Å². The highest BCUT2D eigenvalue weighted by Gasteiger charge is 2.17. The Morgan fingerprint density at radius 2 is 2.46 bits per heavy atom. The molecule has 1 aromatic heterocycles. The molecule has 0 radical (unpaired) electrons. The van der Waals surface area contributed by atoms with Crippen LogP contribution in [0, 0.1) is 28.4 Å². The first-order valence-corrected chi connectivity index (χ1v) is 3.62. The SMILES string of the molecule is Cc1ccnc(CC#N)c1[N+](=O)[O-]. The van der Waals surface area contributed by atoms with E-state index in [1.54, 1.807) is 13.0 Å². The lowest BCUT2D eigenvalue weighted by atomic mass is 10.1. The van der Waals surface area contributed by atoms with Crippen LogP contribution >= 0.6 is 0 Å². The molecule has 0 aliphatic rings. The Kier molecular flexibility index (Phi) is 2.55. The number of aryl methyl sites for hydroxylation is 1. The van der Waals surface area contributed by atoms with Crippen molar-refractivity contribution in [2.24, 2.45) is 0 Å². The molecule has 0 unspecified atom stereocenters. The van der Waals surface area contributed by atoms with Gasteiger partial charge in [-0.25, -0.2) is 0 Å². The lowest BCUT2D eigenvalue weighted by Gasteiger charge is -1.99. The summed E-state index contributed by atoms with van der Waals surface area (Å²) in [6, 6.07) is 3.39. The second-order valence-electron chi connectivity index (χ2n) is 2.52. The Labute approximate surface area is 74.8 Å². The molecule has 0 N–H and O–H groups in total. The van der Waals surface area contributed by atoms with Crippen LogP contribution in [0.15, 0.2) is 12.3 Å². The van der Waals surface area contributed by atoms with Gasteiger partial charge in [0.25, 0.3) is 5.69 Å². The molecule has 0 amide bonds. The summed E-state index contributed by atoms with van der Waals surface area (Å²) in [5.74, 6) is 0. The van der Waals surface area contributed by atoms with E-state index in [0.717, 1.165) is 0 Å². The van der Waals surface area contributed by atoms with Gasteiger partial charge in [-0.2, -0.15) is 5.26 Å². The van der Waals surface area contributed by atoms with E-state index in [9.17, 15) is 10.1 Å². The number of hydrogen-bond acceptors (Lipinski definition) is 4. The molecule has 0 saturated heterocycles. The molecule has 13 heavy (non-hydrogen) atoms. The molecule has 0 fully saturated rings. The molecule has 66 valence electrons. The van der Waals surface area contributed by atoms with E-state index in [1.165, 1.54) is 6.20 Å². The first-order chi connectivity index (χ1) is 6.16. The molecule has 0 spiro atoms. The van der Waals surface area contributed by atoms with Gasteiger partial charge in [0.15, 0.2) is 0 Å². The Hall–Kier alpha value is -1.96. The summed E-state index contributed by atoms with van der Waals surface area (Å²) in [5.41, 5.74) is 0.710. The van der Waals surface area contributed by atoms with Gasteiger partial charge in [0.1, 0.15) is 5.69 Å². The summed E-state index contributed by atoms with van der Waals surface area (Å²) in [7, 11) is 0. The van der Waals surface area contributed by atoms with Gasteiger partial charge < -0.3 is 0 Å². The maximum Gasteiger partial charge on any atom is 0.294 e. The minimum atomic E-state index is -0.505. The van der Waals surface area contributed by atoms with Crippen molar-refractivity contribution in [1.82, 2.24) is 4.98 Å². The number of nitriles is 1. The van der Waals surface area contributed by atoms with Gasteiger partial charge in [-0.05, 0) is 13.0 Å². The maximum absolute atomic E-state index is 10.6. The van der Waals surface area contributed by atoms with Crippen LogP contribution < -0.4 is 0 Å². The number of pyridine rings is 1. The van der Waals surface area contributed by atoms with Crippen LogP contribution in [0.2, 0.25) is 0 Å². The van der Waals surface area contributed by atoms with E-state index in [0.29, 0.717) is 5.56 Å². The predicted octanol–water partition coefficient (Wildman–Crippen LogP) is 1.36. The molecule has 1 heterocycles. The predicted molar refractivity (Wildman–Crippen MR) is 44.9 cm³/mol. The highest BCUT2D eigenvalue weighted by molar-refractivity contribution is 5.43. The first-order valence-electron chi connectivity index (χ1n) is 3.62. The standard InChI is InChI=1S/C8H7N3O2/c1-6-3-5-10-7(2-4-9)8(6)11(12)13/h3,5H,2H2,1H3. The van der Waals surface area contributed by atoms with Crippen molar-refractivity contribution >= 4 is 5.69 Å². The van der Waals surface area contributed by atoms with Crippen molar-refractivity contribution in [3.8, 4) is 6.07 Å². The van der Waals surface area contributed by atoms with Gasteiger partial charge >= 0.3 is 0 Å². The molecule has 1 rings (SSSR count). The fourth-order valence-electron chi connectivity index (χ4n) is 1.06. The Morgan fingerprint density at radius 1 is 1.77 bits per heavy atom. The highest BCUT2D eigenvalue weighted by atomic mass is 16.6. The van der Waals surface area contributed by atoms with E-state index in [4.69, 9.17) is 5.26 Å². The van der Waals surface area contributed by atoms with Crippen LogP contribution in [0.25, 0.3) is 0 Å². The van der Waals surface area contributed by atoms with Crippen molar-refractivity contribution in [3.05, 3.63) is 33.6 Å². The van der Waals surface area contributed by atoms with Gasteiger partial charge in [-0.1, -0.05) is 0 Å². The Morgan fingerprint density at radius 3 is 3.00 bits per heavy atom. The smallest absolute Gasteiger partial charge is 0.258 e. The van der Waals surface area contributed by atoms with Crippen molar-refractivity contribution in [2.45, 2.75) is 13.3 Å². The van der Waals surface area contributed by atoms with Gasteiger partial charge in [-0.15, -0.1) is 0 Å². The van der Waals surface area contributed by atoms with Crippen molar-refractivity contribution in [1.29, 1.82) is 5.26 Å². The summed E-state index contributed by atoms with van der Waals surface area (Å²) in [5, 5.41) is 19.0. The minimum Gasteiger partial charge on any atom is -0.258 e. The third-order valence-electron chi connectivity index (χ3n) is 1.63. The Bertz CT molecular complexity index is 381. The first kappa shape index (κ1) is 9.13. The van der Waals surface area contributed by atoms with E-state index >= 15 is 0 Å². The molecule has 0 saturated carbocycles. The minimum absolute atomic E-state index is 0.0298. The molecule has 0 aliphatic heterocycles. The van der Waals surface area contributed by atoms with Crippen molar-refractivity contribution in [2.75, 3.05) is 0 Å². The van der Waals surface area contributed by atoms with Crippen LogP contribution in [0.5, 0.6) is 0 Å². The van der Waals surface area contributed by atoms with Gasteiger partial charge in [0.05, 0.1) is 17.4 Å². The van der Waals surface area contributed by atoms with E-state index in [1.807, 2.05) is 6.07 Å². The van der Waals surface area contributed by atoms with Gasteiger partial charge in [0, 0.05) is 11.8 Å². The van der Waals surface area contributed by atoms with Gasteiger partial charge in [0.2, 0.25) is 0 Å². The average molecular weight is 177 g/mol. The van der Waals surface area contributed by atoms with Crippen LogP contribution in [-0.2, 0) is 6.42 Å². The maximum atomic E-state index is 10.6. The van der Waals surface area contributed by atoms with Crippen LogP contribution in [0.3, 0.4) is 0 Å². The normalized spacial score (nSPS) is 9.23. The molecule has 0 aliphatic carbocycles. The number of nitrogens with zero attached hydrogens (tertiary/aromatic N) is 3. The lowest BCUT2D eigenvalue weighted by Crippen LogP contribution is -1.99. The fourth-order valence-corrected chi connectivity index (χ4v) is 1.06. The molecule has 1 aromatic rings. The van der Waals surface area contributed by atoms with Crippen LogP contribution in [0.1, 0.15) is 11.3 Å². The number of nitro groups is 1. The lowest BCUT2D eigenvalue weighted by molar-refractivity contribution is -0.386. The fraction of sp³-hybridized carbons (Fsp3) is 0.250. The average Bonchev–Trinajstić information content (AvgIpc) is 2.04. The van der Waals surface area contributed by atoms with Crippen molar-refractivity contribution < 1.29 is 4.92 Å². The molecule has 0 bridgehead atoms. The molecular formula is C8H7N3O2. The third kappa shape index (κ3) is 1.79. The zero-order valence-electron chi connectivity index (χ0n) is 7.02. The number of hydrogen-bond donors (Lipinski definition) is 0. The van der Waals surface area contributed by atoms with Gasteiger partial charge in [-0.3, -0.25) is 15.1 Å². The summed E-state index contributed by atoms with van der Waals surface area (Å²) >= 11 is 0. The zero-order valence-corrected chi connectivity index (χ0v) is 7.02. The van der Waals surface area contributed by atoms with Crippen LogP contribution in [0.4, 0.5) is 5.69 Å². The van der Waals surface area contributed by atoms with Crippen LogP contribution in [-0.4, -0.2) is 9.91 Å². The quantitative estimate of drug-likeness (QED) is 0.504. The highest BCUT2D eigenvalue weighted by Crippen LogP contribution is 2.20. The second-order valence-corrected chi connectivity index (χ2v) is 2.52. The van der Waals surface area contributed by atoms with E-state index < -0.39 is 4.92 Å². The third-order valence-corrected chi connectivity index (χ3v) is 1.63. The summed E-state index contributed by atoms with van der Waals surface area (Å²) in [6.45, 7) is 1.63. The van der Waals surface area contributed by atoms with E-state index in [2.05, 4.69) is 4.98 Å². The number of rotatable bonds is 2. The molecule has 0 aromatic carbocycles. The Balaban J connectivity index is 3.27. The molecule has 5 heteroatoms. The summed E-state index contributed by atoms with van der Waals surface area (Å²) in [6.07, 6.45) is 1.44. The van der Waals surface area contributed by atoms with Crippen molar-refractivity contribution in [3.63, 3.8) is 0 Å². The molecular weight excluding hydrogens is 170 g/mol. The molecule has 0 atom stereocenters. The molecule has 5 nitrogen and oxygen atoms in total. The summed E-state index contributed by atoms with van der Waals surface area (Å²) < 4.78 is 0. The monoisotopic (exact) mass is 177 g/mol. The summed E-state index contributed by atoms with van der Waals surface area (Å²) in [4.78, 5) is 13.9. The second kappa shape index (κ2) is 3.63.